The predicted molar refractivity (Wildman–Crippen MR) is 99.4 cm³/mol. The highest BCUT2D eigenvalue weighted by atomic mass is 35.5. The lowest BCUT2D eigenvalue weighted by Crippen LogP contribution is -2.31. The van der Waals surface area contributed by atoms with E-state index in [1.54, 1.807) is 23.1 Å². The first kappa shape index (κ1) is 19.2. The van der Waals surface area contributed by atoms with Gasteiger partial charge in [-0.2, -0.15) is 0 Å². The zero-order valence-electron chi connectivity index (χ0n) is 14.8. The van der Waals surface area contributed by atoms with Crippen LogP contribution in [0.5, 0.6) is 0 Å². The van der Waals surface area contributed by atoms with Crippen LogP contribution in [-0.4, -0.2) is 61.1 Å². The fourth-order valence-electron chi connectivity index (χ4n) is 3.18. The first-order valence-corrected chi connectivity index (χ1v) is 8.92. The second-order valence-electron chi connectivity index (χ2n) is 6.23. The number of hydrogen-bond acceptors (Lipinski definition) is 6. The average molecular weight is 394 g/mol. The number of β-amino-alcohol motifs (C(OH)–C–C–N with tert-alkyl or cyclic N) is 1. The van der Waals surface area contributed by atoms with E-state index in [9.17, 15) is 14.4 Å². The van der Waals surface area contributed by atoms with Crippen LogP contribution in [0.3, 0.4) is 0 Å². The summed E-state index contributed by atoms with van der Waals surface area (Å²) in [6.07, 6.45) is 1.29. The number of aliphatic hydroxyl groups excluding tert-OH is 1. The van der Waals surface area contributed by atoms with Gasteiger partial charge in [-0.25, -0.2) is 4.79 Å². The van der Waals surface area contributed by atoms with E-state index in [-0.39, 0.29) is 36.9 Å². The molecule has 9 heteroatoms. The summed E-state index contributed by atoms with van der Waals surface area (Å²) in [5.74, 6) is -1.03. The third-order valence-corrected chi connectivity index (χ3v) is 4.88. The van der Waals surface area contributed by atoms with Crippen LogP contribution >= 0.6 is 11.6 Å². The van der Waals surface area contributed by atoms with Gasteiger partial charge in [-0.05, 0) is 24.6 Å². The third kappa shape index (κ3) is 3.77. The standard InChI is InChI=1S/C18H20ClN3O5/c1-27-18(26)12-10-21(7-8-23)17(25)16(12)20-14-9-11(4-5-13(14)19)22-6-2-3-15(22)24/h4-5,9,20,23H,2-3,6-8,10H2,1H3. The van der Waals surface area contributed by atoms with Gasteiger partial charge in [-0.1, -0.05) is 11.6 Å². The number of halogens is 1. The number of nitrogens with zero attached hydrogens (tertiary/aromatic N) is 2. The van der Waals surface area contributed by atoms with Gasteiger partial charge >= 0.3 is 5.97 Å². The minimum atomic E-state index is -0.631. The smallest absolute Gasteiger partial charge is 0.337 e. The molecule has 1 aromatic rings. The summed E-state index contributed by atoms with van der Waals surface area (Å²) in [6, 6.07) is 5.05. The van der Waals surface area contributed by atoms with E-state index in [1.165, 1.54) is 12.0 Å². The van der Waals surface area contributed by atoms with Gasteiger partial charge in [-0.15, -0.1) is 0 Å². The monoisotopic (exact) mass is 393 g/mol. The highest BCUT2D eigenvalue weighted by Gasteiger charge is 2.35. The fraction of sp³-hybridized carbons (Fsp3) is 0.389. The molecule has 2 amide bonds. The maximum Gasteiger partial charge on any atom is 0.337 e. The molecule has 144 valence electrons. The van der Waals surface area contributed by atoms with E-state index in [0.29, 0.717) is 29.4 Å². The molecule has 27 heavy (non-hydrogen) atoms. The van der Waals surface area contributed by atoms with Crippen LogP contribution in [-0.2, 0) is 19.1 Å². The van der Waals surface area contributed by atoms with Crippen LogP contribution in [0.2, 0.25) is 5.02 Å². The Morgan fingerprint density at radius 1 is 1.37 bits per heavy atom. The lowest BCUT2D eigenvalue weighted by Gasteiger charge is -2.19. The molecule has 0 spiro atoms. The molecule has 1 saturated heterocycles. The summed E-state index contributed by atoms with van der Waals surface area (Å²) in [7, 11) is 1.23. The molecule has 2 aliphatic rings. The Bertz CT molecular complexity index is 823. The minimum Gasteiger partial charge on any atom is -0.466 e. The van der Waals surface area contributed by atoms with E-state index in [4.69, 9.17) is 21.4 Å². The van der Waals surface area contributed by atoms with Gasteiger partial charge in [0.1, 0.15) is 5.70 Å². The molecule has 0 atom stereocenters. The van der Waals surface area contributed by atoms with E-state index in [2.05, 4.69) is 5.32 Å². The van der Waals surface area contributed by atoms with Crippen molar-refractivity contribution in [3.63, 3.8) is 0 Å². The fourth-order valence-corrected chi connectivity index (χ4v) is 3.35. The second kappa shape index (κ2) is 7.98. The Hall–Kier alpha value is -2.58. The van der Waals surface area contributed by atoms with Crippen LogP contribution in [0.15, 0.2) is 29.5 Å². The molecule has 0 saturated carbocycles. The molecule has 2 N–H and O–H groups in total. The Morgan fingerprint density at radius 2 is 2.15 bits per heavy atom. The zero-order chi connectivity index (χ0) is 19.6. The third-order valence-electron chi connectivity index (χ3n) is 4.55. The molecule has 1 fully saturated rings. The van der Waals surface area contributed by atoms with Crippen LogP contribution in [0.25, 0.3) is 0 Å². The van der Waals surface area contributed by atoms with Crippen molar-refractivity contribution in [3.8, 4) is 0 Å². The number of carbonyl (C=O) groups excluding carboxylic acids is 3. The Kier molecular flexibility index (Phi) is 5.67. The van der Waals surface area contributed by atoms with E-state index >= 15 is 0 Å². The number of aliphatic hydroxyl groups is 1. The number of nitrogens with one attached hydrogen (secondary N) is 1. The molecule has 0 aliphatic carbocycles. The molecule has 0 bridgehead atoms. The topological polar surface area (TPSA) is 99.2 Å². The highest BCUT2D eigenvalue weighted by Crippen LogP contribution is 2.32. The van der Waals surface area contributed by atoms with Crippen LogP contribution in [0, 0.1) is 0 Å². The summed E-state index contributed by atoms with van der Waals surface area (Å²) in [6.45, 7) is 0.539. The van der Waals surface area contributed by atoms with Crippen molar-refractivity contribution in [2.75, 3.05) is 43.6 Å². The first-order chi connectivity index (χ1) is 13.0. The lowest BCUT2D eigenvalue weighted by atomic mass is 10.2. The Labute approximate surface area is 161 Å². The van der Waals surface area contributed by atoms with Crippen LogP contribution < -0.4 is 10.2 Å². The molecular formula is C18H20ClN3O5. The molecule has 0 radical (unpaired) electrons. The summed E-state index contributed by atoms with van der Waals surface area (Å²) in [4.78, 5) is 39.7. The number of amides is 2. The molecule has 1 aromatic carbocycles. The number of methoxy groups -OCH3 is 1. The Balaban J connectivity index is 1.93. The Morgan fingerprint density at radius 3 is 2.78 bits per heavy atom. The van der Waals surface area contributed by atoms with Gasteiger partial charge in [-0.3, -0.25) is 9.59 Å². The molecule has 0 unspecified atom stereocenters. The van der Waals surface area contributed by atoms with Crippen molar-refractivity contribution in [1.29, 1.82) is 0 Å². The SMILES string of the molecule is COC(=O)C1=C(Nc2cc(N3CCCC3=O)ccc2Cl)C(=O)N(CCO)C1. The largest absolute Gasteiger partial charge is 0.466 e. The summed E-state index contributed by atoms with van der Waals surface area (Å²) in [5.41, 5.74) is 1.29. The minimum absolute atomic E-state index is 0.0313. The number of ether oxygens (including phenoxy) is 1. The van der Waals surface area contributed by atoms with Gasteiger partial charge in [0.15, 0.2) is 0 Å². The van der Waals surface area contributed by atoms with Crippen molar-refractivity contribution in [3.05, 3.63) is 34.5 Å². The molecule has 3 rings (SSSR count). The van der Waals surface area contributed by atoms with E-state index < -0.39 is 11.9 Å². The van der Waals surface area contributed by atoms with Gasteiger partial charge in [0.05, 0.1) is 36.5 Å². The van der Waals surface area contributed by atoms with Gasteiger partial charge in [0, 0.05) is 25.2 Å². The van der Waals surface area contributed by atoms with Crippen molar-refractivity contribution in [1.82, 2.24) is 4.90 Å². The number of hydrogen-bond donors (Lipinski definition) is 2. The predicted octanol–water partition coefficient (Wildman–Crippen LogP) is 1.14. The van der Waals surface area contributed by atoms with Gasteiger partial charge in [0.2, 0.25) is 5.91 Å². The van der Waals surface area contributed by atoms with Gasteiger partial charge < -0.3 is 25.0 Å². The normalized spacial score (nSPS) is 17.1. The van der Waals surface area contributed by atoms with Crippen molar-refractivity contribution in [2.45, 2.75) is 12.8 Å². The molecule has 0 aromatic heterocycles. The van der Waals surface area contributed by atoms with Crippen molar-refractivity contribution >= 4 is 40.8 Å². The molecule has 8 nitrogen and oxygen atoms in total. The number of esters is 1. The molecule has 2 heterocycles. The maximum absolute atomic E-state index is 12.6. The van der Waals surface area contributed by atoms with E-state index in [0.717, 1.165) is 6.42 Å². The van der Waals surface area contributed by atoms with Crippen molar-refractivity contribution < 1.29 is 24.2 Å². The number of carbonyl (C=O) groups is 3. The first-order valence-electron chi connectivity index (χ1n) is 8.54. The summed E-state index contributed by atoms with van der Waals surface area (Å²) < 4.78 is 4.76. The number of anilines is 2. The lowest BCUT2D eigenvalue weighted by molar-refractivity contribution is -0.136. The second-order valence-corrected chi connectivity index (χ2v) is 6.64. The quantitative estimate of drug-likeness (QED) is 0.703. The zero-order valence-corrected chi connectivity index (χ0v) is 15.6. The molecular weight excluding hydrogens is 374 g/mol. The van der Waals surface area contributed by atoms with E-state index in [1.807, 2.05) is 0 Å². The maximum atomic E-state index is 12.6. The summed E-state index contributed by atoms with van der Waals surface area (Å²) in [5, 5.41) is 12.4. The molecule has 2 aliphatic heterocycles. The number of benzene rings is 1. The van der Waals surface area contributed by atoms with Crippen molar-refractivity contribution in [2.24, 2.45) is 0 Å². The number of rotatable bonds is 6. The summed E-state index contributed by atoms with van der Waals surface area (Å²) >= 11 is 6.25. The van der Waals surface area contributed by atoms with Crippen LogP contribution in [0.1, 0.15) is 12.8 Å². The average Bonchev–Trinajstić information content (AvgIpc) is 3.21. The van der Waals surface area contributed by atoms with Crippen LogP contribution in [0.4, 0.5) is 11.4 Å². The van der Waals surface area contributed by atoms with Gasteiger partial charge in [0.25, 0.3) is 5.91 Å². The highest BCUT2D eigenvalue weighted by molar-refractivity contribution is 6.33.